The molecule has 14 heavy (non-hydrogen) atoms. The lowest BCUT2D eigenvalue weighted by molar-refractivity contribution is 0.166. The quantitative estimate of drug-likeness (QED) is 0.663. The van der Waals surface area contributed by atoms with E-state index in [0.717, 1.165) is 24.8 Å². The predicted molar refractivity (Wildman–Crippen MR) is 60.4 cm³/mol. The first-order chi connectivity index (χ1) is 6.79. The molecule has 1 saturated carbocycles. The standard InChI is InChI=1S/C12H25NO/c1-3-13(9-4-5-10-14)12-8-6-7-11(12)2/h11-12,14H,3-10H2,1-2H3. The minimum absolute atomic E-state index is 0.345. The number of hydrogen-bond donors (Lipinski definition) is 1. The van der Waals surface area contributed by atoms with Crippen molar-refractivity contribution in [2.75, 3.05) is 19.7 Å². The summed E-state index contributed by atoms with van der Waals surface area (Å²) < 4.78 is 0. The molecule has 84 valence electrons. The van der Waals surface area contributed by atoms with E-state index >= 15 is 0 Å². The van der Waals surface area contributed by atoms with Gasteiger partial charge in [0.15, 0.2) is 0 Å². The molecule has 0 amide bonds. The molecule has 0 aromatic heterocycles. The number of aliphatic hydroxyl groups is 1. The Balaban J connectivity index is 2.29. The summed E-state index contributed by atoms with van der Waals surface area (Å²) in [7, 11) is 0. The Labute approximate surface area is 88.3 Å². The van der Waals surface area contributed by atoms with E-state index in [4.69, 9.17) is 5.11 Å². The lowest BCUT2D eigenvalue weighted by Gasteiger charge is -2.30. The van der Waals surface area contributed by atoms with Gasteiger partial charge in [0, 0.05) is 12.6 Å². The number of rotatable bonds is 6. The summed E-state index contributed by atoms with van der Waals surface area (Å²) >= 11 is 0. The van der Waals surface area contributed by atoms with Crippen molar-refractivity contribution in [3.63, 3.8) is 0 Å². The topological polar surface area (TPSA) is 23.5 Å². The van der Waals surface area contributed by atoms with Crippen molar-refractivity contribution in [3.8, 4) is 0 Å². The minimum atomic E-state index is 0.345. The normalized spacial score (nSPS) is 27.4. The van der Waals surface area contributed by atoms with Crippen molar-refractivity contribution >= 4 is 0 Å². The van der Waals surface area contributed by atoms with Crippen molar-refractivity contribution in [1.82, 2.24) is 4.90 Å². The van der Waals surface area contributed by atoms with Gasteiger partial charge in [-0.1, -0.05) is 20.3 Å². The number of nitrogens with zero attached hydrogens (tertiary/aromatic N) is 1. The molecule has 1 rings (SSSR count). The Morgan fingerprint density at radius 3 is 2.57 bits per heavy atom. The molecule has 0 heterocycles. The molecule has 2 heteroatoms. The van der Waals surface area contributed by atoms with Crippen LogP contribution in [-0.2, 0) is 0 Å². The average molecular weight is 199 g/mol. The summed E-state index contributed by atoms with van der Waals surface area (Å²) in [4.78, 5) is 2.60. The van der Waals surface area contributed by atoms with E-state index < -0.39 is 0 Å². The van der Waals surface area contributed by atoms with Gasteiger partial charge in [-0.3, -0.25) is 0 Å². The summed E-state index contributed by atoms with van der Waals surface area (Å²) in [6.07, 6.45) is 6.29. The Kier molecular flexibility index (Phi) is 5.49. The molecule has 0 aromatic carbocycles. The van der Waals surface area contributed by atoms with Crippen molar-refractivity contribution in [2.24, 2.45) is 5.92 Å². The molecular formula is C12H25NO. The van der Waals surface area contributed by atoms with Gasteiger partial charge in [-0.25, -0.2) is 0 Å². The van der Waals surface area contributed by atoms with Crippen LogP contribution < -0.4 is 0 Å². The minimum Gasteiger partial charge on any atom is -0.396 e. The van der Waals surface area contributed by atoms with Gasteiger partial charge < -0.3 is 10.0 Å². The van der Waals surface area contributed by atoms with Crippen LogP contribution in [-0.4, -0.2) is 35.7 Å². The molecule has 1 N–H and O–H groups in total. The van der Waals surface area contributed by atoms with Gasteiger partial charge in [0.2, 0.25) is 0 Å². The van der Waals surface area contributed by atoms with Crippen LogP contribution in [0.3, 0.4) is 0 Å². The fourth-order valence-corrected chi connectivity index (χ4v) is 2.65. The zero-order valence-electron chi connectivity index (χ0n) is 9.71. The Hall–Kier alpha value is -0.0800. The molecular weight excluding hydrogens is 174 g/mol. The first-order valence-electron chi connectivity index (χ1n) is 6.14. The highest BCUT2D eigenvalue weighted by molar-refractivity contribution is 4.82. The number of aliphatic hydroxyl groups excluding tert-OH is 1. The maximum atomic E-state index is 8.75. The highest BCUT2D eigenvalue weighted by Gasteiger charge is 2.27. The van der Waals surface area contributed by atoms with Crippen LogP contribution >= 0.6 is 0 Å². The van der Waals surface area contributed by atoms with Crippen LogP contribution in [0.15, 0.2) is 0 Å². The second-order valence-corrected chi connectivity index (χ2v) is 4.53. The monoisotopic (exact) mass is 199 g/mol. The van der Waals surface area contributed by atoms with E-state index in [0.29, 0.717) is 6.61 Å². The molecule has 2 atom stereocenters. The molecule has 0 spiro atoms. The first-order valence-corrected chi connectivity index (χ1v) is 6.14. The summed E-state index contributed by atoms with van der Waals surface area (Å²) in [6.45, 7) is 7.32. The second kappa shape index (κ2) is 6.41. The van der Waals surface area contributed by atoms with Crippen molar-refractivity contribution in [1.29, 1.82) is 0 Å². The average Bonchev–Trinajstić information content (AvgIpc) is 2.60. The molecule has 2 nitrogen and oxygen atoms in total. The fraction of sp³-hybridized carbons (Fsp3) is 1.00. The van der Waals surface area contributed by atoms with Gasteiger partial charge in [-0.05, 0) is 44.7 Å². The van der Waals surface area contributed by atoms with E-state index in [1.54, 1.807) is 0 Å². The van der Waals surface area contributed by atoms with Crippen molar-refractivity contribution in [3.05, 3.63) is 0 Å². The van der Waals surface area contributed by atoms with Crippen molar-refractivity contribution < 1.29 is 5.11 Å². The summed E-state index contributed by atoms with van der Waals surface area (Å²) in [5.41, 5.74) is 0. The van der Waals surface area contributed by atoms with E-state index in [2.05, 4.69) is 18.7 Å². The predicted octanol–water partition coefficient (Wildman–Crippen LogP) is 2.27. The largest absolute Gasteiger partial charge is 0.396 e. The van der Waals surface area contributed by atoms with Gasteiger partial charge in [-0.2, -0.15) is 0 Å². The molecule has 0 saturated heterocycles. The Bertz CT molecular complexity index is 149. The third-order valence-corrected chi connectivity index (χ3v) is 3.54. The summed E-state index contributed by atoms with van der Waals surface area (Å²) in [6, 6.07) is 0.818. The molecule has 0 aliphatic heterocycles. The molecule has 1 aliphatic rings. The van der Waals surface area contributed by atoms with Gasteiger partial charge >= 0.3 is 0 Å². The molecule has 0 bridgehead atoms. The smallest absolute Gasteiger partial charge is 0.0431 e. The molecule has 0 aromatic rings. The van der Waals surface area contributed by atoms with Gasteiger partial charge in [0.05, 0.1) is 0 Å². The van der Waals surface area contributed by atoms with Crippen LogP contribution in [0.5, 0.6) is 0 Å². The lowest BCUT2D eigenvalue weighted by Crippen LogP contribution is -2.37. The number of hydrogen-bond acceptors (Lipinski definition) is 2. The van der Waals surface area contributed by atoms with Crippen LogP contribution in [0, 0.1) is 5.92 Å². The van der Waals surface area contributed by atoms with Crippen molar-refractivity contribution in [2.45, 2.75) is 52.0 Å². The zero-order chi connectivity index (χ0) is 10.4. The lowest BCUT2D eigenvalue weighted by atomic mass is 10.0. The summed E-state index contributed by atoms with van der Waals surface area (Å²) in [5, 5.41) is 8.75. The van der Waals surface area contributed by atoms with E-state index in [-0.39, 0.29) is 0 Å². The molecule has 2 unspecified atom stereocenters. The summed E-state index contributed by atoms with van der Waals surface area (Å²) in [5.74, 6) is 0.879. The van der Waals surface area contributed by atoms with Gasteiger partial charge in [-0.15, -0.1) is 0 Å². The third kappa shape index (κ3) is 3.25. The third-order valence-electron chi connectivity index (χ3n) is 3.54. The van der Waals surface area contributed by atoms with Crippen LogP contribution in [0.4, 0.5) is 0 Å². The van der Waals surface area contributed by atoms with Crippen LogP contribution in [0.2, 0.25) is 0 Å². The highest BCUT2D eigenvalue weighted by atomic mass is 16.2. The SMILES string of the molecule is CCN(CCCCO)C1CCCC1C. The number of unbranched alkanes of at least 4 members (excludes halogenated alkanes) is 1. The second-order valence-electron chi connectivity index (χ2n) is 4.53. The molecule has 1 fully saturated rings. The first kappa shape index (κ1) is 12.0. The highest BCUT2D eigenvalue weighted by Crippen LogP contribution is 2.29. The zero-order valence-corrected chi connectivity index (χ0v) is 9.71. The maximum Gasteiger partial charge on any atom is 0.0431 e. The van der Waals surface area contributed by atoms with E-state index in [9.17, 15) is 0 Å². The maximum absolute atomic E-state index is 8.75. The van der Waals surface area contributed by atoms with E-state index in [1.807, 2.05) is 0 Å². The Morgan fingerprint density at radius 2 is 2.07 bits per heavy atom. The van der Waals surface area contributed by atoms with E-state index in [1.165, 1.54) is 32.4 Å². The van der Waals surface area contributed by atoms with Crippen LogP contribution in [0.1, 0.15) is 46.0 Å². The fourth-order valence-electron chi connectivity index (χ4n) is 2.65. The van der Waals surface area contributed by atoms with Gasteiger partial charge in [0.1, 0.15) is 0 Å². The van der Waals surface area contributed by atoms with Gasteiger partial charge in [0.25, 0.3) is 0 Å². The molecule has 1 aliphatic carbocycles. The van der Waals surface area contributed by atoms with Crippen LogP contribution in [0.25, 0.3) is 0 Å². The molecule has 0 radical (unpaired) electrons. The Morgan fingerprint density at radius 1 is 1.29 bits per heavy atom.